The summed E-state index contributed by atoms with van der Waals surface area (Å²) in [5.74, 6) is 0.549. The van der Waals surface area contributed by atoms with Crippen LogP contribution in [0.5, 0.6) is 5.88 Å². The number of carbonyl (C=O) groups excluding carboxylic acids is 1. The maximum atomic E-state index is 13.5. The predicted octanol–water partition coefficient (Wildman–Crippen LogP) is 6.72. The molecule has 1 amide bonds. The fraction of sp³-hybridized carbons (Fsp3) is 0.478. The third-order valence-electron chi connectivity index (χ3n) is 5.64. The van der Waals surface area contributed by atoms with Crippen LogP contribution in [-0.2, 0) is 10.2 Å². The van der Waals surface area contributed by atoms with Crippen LogP contribution in [-0.4, -0.2) is 17.5 Å². The predicted molar refractivity (Wildman–Crippen MR) is 119 cm³/mol. The number of anilines is 1. The average molecular weight is 435 g/mol. The minimum absolute atomic E-state index is 0.0361. The molecule has 4 nitrogen and oxygen atoms in total. The van der Waals surface area contributed by atoms with E-state index in [-0.39, 0.29) is 5.91 Å². The van der Waals surface area contributed by atoms with E-state index < -0.39 is 5.41 Å². The van der Waals surface area contributed by atoms with Gasteiger partial charge in [0.15, 0.2) is 0 Å². The number of amides is 1. The number of ether oxygens (including phenoxy) is 1. The lowest BCUT2D eigenvalue weighted by Crippen LogP contribution is -2.42. The Morgan fingerprint density at radius 1 is 1.17 bits per heavy atom. The Hall–Kier alpha value is -1.78. The van der Waals surface area contributed by atoms with E-state index in [9.17, 15) is 4.79 Å². The second-order valence-corrected chi connectivity index (χ2v) is 8.55. The molecule has 1 fully saturated rings. The Morgan fingerprint density at radius 2 is 1.93 bits per heavy atom. The number of hydrogen-bond acceptors (Lipinski definition) is 3. The molecule has 1 saturated carbocycles. The van der Waals surface area contributed by atoms with Crippen molar-refractivity contribution in [3.8, 4) is 5.88 Å². The molecular formula is C23H28Cl2N2O2. The number of benzene rings is 1. The van der Waals surface area contributed by atoms with Gasteiger partial charge in [0.2, 0.25) is 11.8 Å². The number of halogens is 2. The minimum Gasteiger partial charge on any atom is -0.478 e. The molecule has 2 aromatic rings. The lowest BCUT2D eigenvalue weighted by Gasteiger charge is -2.37. The molecule has 0 aliphatic heterocycles. The average Bonchev–Trinajstić information content (AvgIpc) is 2.70. The number of pyridine rings is 1. The van der Waals surface area contributed by atoms with E-state index in [4.69, 9.17) is 27.9 Å². The summed E-state index contributed by atoms with van der Waals surface area (Å²) in [5.41, 5.74) is 1.64. The maximum absolute atomic E-state index is 13.5. The molecule has 156 valence electrons. The molecule has 3 rings (SSSR count). The van der Waals surface area contributed by atoms with Crippen LogP contribution in [0.25, 0.3) is 0 Å². The van der Waals surface area contributed by atoms with Crippen LogP contribution in [0.1, 0.15) is 63.1 Å². The first-order valence-corrected chi connectivity index (χ1v) is 11.1. The first-order valence-electron chi connectivity index (χ1n) is 10.3. The van der Waals surface area contributed by atoms with Crippen molar-refractivity contribution in [2.45, 2.75) is 64.2 Å². The van der Waals surface area contributed by atoms with E-state index in [0.29, 0.717) is 28.2 Å². The van der Waals surface area contributed by atoms with Gasteiger partial charge in [-0.3, -0.25) is 4.79 Å². The molecular weight excluding hydrogens is 407 g/mol. The lowest BCUT2D eigenvalue weighted by atomic mass is 9.68. The van der Waals surface area contributed by atoms with Gasteiger partial charge in [0.25, 0.3) is 0 Å². The van der Waals surface area contributed by atoms with Crippen LogP contribution in [0.15, 0.2) is 30.3 Å². The number of unbranched alkanes of at least 4 members (excludes halogenated alkanes) is 1. The van der Waals surface area contributed by atoms with Crippen LogP contribution < -0.4 is 10.1 Å². The molecule has 0 spiro atoms. The Kier molecular flexibility index (Phi) is 7.42. The summed E-state index contributed by atoms with van der Waals surface area (Å²) in [5, 5.41) is 4.23. The summed E-state index contributed by atoms with van der Waals surface area (Å²) in [4.78, 5) is 18.0. The molecule has 0 radical (unpaired) electrons. The van der Waals surface area contributed by atoms with Gasteiger partial charge in [-0.1, -0.05) is 61.9 Å². The van der Waals surface area contributed by atoms with E-state index in [1.807, 2.05) is 25.1 Å². The summed E-state index contributed by atoms with van der Waals surface area (Å²) in [6, 6.07) is 9.09. The lowest BCUT2D eigenvalue weighted by molar-refractivity contribution is -0.122. The molecule has 6 heteroatoms. The Morgan fingerprint density at radius 3 is 2.59 bits per heavy atom. The normalized spacial score (nSPS) is 15.7. The number of nitrogens with zero attached hydrogens (tertiary/aromatic N) is 1. The second-order valence-electron chi connectivity index (χ2n) is 7.71. The summed E-state index contributed by atoms with van der Waals surface area (Å²) >= 11 is 12.6. The van der Waals surface area contributed by atoms with Crippen molar-refractivity contribution in [1.29, 1.82) is 0 Å². The molecule has 1 aromatic carbocycles. The smallest absolute Gasteiger partial charge is 0.235 e. The molecule has 1 aliphatic rings. The Bertz CT molecular complexity index is 864. The highest BCUT2D eigenvalue weighted by Crippen LogP contribution is 2.44. The molecule has 1 N–H and O–H groups in total. The molecule has 0 unspecified atom stereocenters. The van der Waals surface area contributed by atoms with Gasteiger partial charge in [-0.25, -0.2) is 4.98 Å². The van der Waals surface area contributed by atoms with Crippen molar-refractivity contribution in [1.82, 2.24) is 4.98 Å². The zero-order chi connectivity index (χ0) is 20.9. The molecule has 1 aliphatic carbocycles. The fourth-order valence-corrected chi connectivity index (χ4v) is 4.55. The zero-order valence-electron chi connectivity index (χ0n) is 17.1. The van der Waals surface area contributed by atoms with Gasteiger partial charge < -0.3 is 10.1 Å². The maximum Gasteiger partial charge on any atom is 0.235 e. The van der Waals surface area contributed by atoms with E-state index in [0.717, 1.165) is 56.2 Å². The molecule has 29 heavy (non-hydrogen) atoms. The van der Waals surface area contributed by atoms with E-state index in [1.54, 1.807) is 12.1 Å². The van der Waals surface area contributed by atoms with Crippen molar-refractivity contribution in [3.05, 3.63) is 51.6 Å². The Labute approximate surface area is 183 Å². The second kappa shape index (κ2) is 9.82. The fourth-order valence-electron chi connectivity index (χ4n) is 3.97. The molecule has 0 bridgehead atoms. The van der Waals surface area contributed by atoms with Crippen molar-refractivity contribution < 1.29 is 9.53 Å². The van der Waals surface area contributed by atoms with Gasteiger partial charge in [-0.2, -0.15) is 0 Å². The van der Waals surface area contributed by atoms with Crippen molar-refractivity contribution >= 4 is 34.8 Å². The summed E-state index contributed by atoms with van der Waals surface area (Å²) in [7, 11) is 0. The highest BCUT2D eigenvalue weighted by Gasteiger charge is 2.42. The standard InChI is InChI=1S/C23H28Cl2N2O2/c1-3-4-14-29-21-11-10-20(16(2)26-21)27-22(28)23(12-6-5-7-13-23)18-9-8-17(24)15-19(18)25/h8-11,15H,3-7,12-14H2,1-2H3,(H,27,28). The van der Waals surface area contributed by atoms with Crippen molar-refractivity contribution in [2.75, 3.05) is 11.9 Å². The number of rotatable bonds is 7. The van der Waals surface area contributed by atoms with Crippen LogP contribution >= 0.6 is 23.2 Å². The topological polar surface area (TPSA) is 51.2 Å². The summed E-state index contributed by atoms with van der Waals surface area (Å²) < 4.78 is 5.67. The SMILES string of the molecule is CCCCOc1ccc(NC(=O)C2(c3ccc(Cl)cc3Cl)CCCCC2)c(C)n1. The van der Waals surface area contributed by atoms with Gasteiger partial charge in [-0.05, 0) is 49.9 Å². The number of aromatic nitrogens is 1. The highest BCUT2D eigenvalue weighted by molar-refractivity contribution is 6.35. The first kappa shape index (κ1) is 21.9. The highest BCUT2D eigenvalue weighted by atomic mass is 35.5. The van der Waals surface area contributed by atoms with E-state index >= 15 is 0 Å². The van der Waals surface area contributed by atoms with Crippen molar-refractivity contribution in [3.63, 3.8) is 0 Å². The summed E-state index contributed by atoms with van der Waals surface area (Å²) in [6.45, 7) is 4.65. The van der Waals surface area contributed by atoms with E-state index in [2.05, 4.69) is 17.2 Å². The summed E-state index contributed by atoms with van der Waals surface area (Å²) in [6.07, 6.45) is 6.72. The van der Waals surface area contributed by atoms with Gasteiger partial charge in [0, 0.05) is 16.1 Å². The largest absolute Gasteiger partial charge is 0.478 e. The number of aryl methyl sites for hydroxylation is 1. The monoisotopic (exact) mass is 434 g/mol. The quantitative estimate of drug-likeness (QED) is 0.492. The van der Waals surface area contributed by atoms with Crippen molar-refractivity contribution in [2.24, 2.45) is 0 Å². The molecule has 1 heterocycles. The van der Waals surface area contributed by atoms with E-state index in [1.165, 1.54) is 0 Å². The third-order valence-corrected chi connectivity index (χ3v) is 6.19. The number of hydrogen-bond donors (Lipinski definition) is 1. The number of carbonyl (C=O) groups is 1. The van der Waals surface area contributed by atoms with Crippen LogP contribution in [0.4, 0.5) is 5.69 Å². The molecule has 0 saturated heterocycles. The molecule has 0 atom stereocenters. The van der Waals surface area contributed by atoms with Gasteiger partial charge in [0.1, 0.15) is 0 Å². The van der Waals surface area contributed by atoms with Crippen LogP contribution in [0.3, 0.4) is 0 Å². The van der Waals surface area contributed by atoms with Crippen LogP contribution in [0, 0.1) is 6.92 Å². The third kappa shape index (κ3) is 5.04. The van der Waals surface area contributed by atoms with Gasteiger partial charge >= 0.3 is 0 Å². The zero-order valence-corrected chi connectivity index (χ0v) is 18.6. The van der Waals surface area contributed by atoms with Gasteiger partial charge in [0.05, 0.1) is 23.4 Å². The minimum atomic E-state index is -0.650. The van der Waals surface area contributed by atoms with Crippen LogP contribution in [0.2, 0.25) is 10.0 Å². The first-order chi connectivity index (χ1) is 14.0. The number of nitrogens with one attached hydrogen (secondary N) is 1. The molecule has 1 aromatic heterocycles. The Balaban J connectivity index is 1.84. The van der Waals surface area contributed by atoms with Gasteiger partial charge in [-0.15, -0.1) is 0 Å².